The van der Waals surface area contributed by atoms with Gasteiger partial charge in [0.15, 0.2) is 0 Å². The van der Waals surface area contributed by atoms with Crippen molar-refractivity contribution < 1.29 is 13.9 Å². The molecule has 0 fully saturated rings. The fourth-order valence-electron chi connectivity index (χ4n) is 2.16. The molecule has 108 valence electrons. The molecule has 1 aromatic carbocycles. The van der Waals surface area contributed by atoms with Crippen LogP contribution in [0.5, 0.6) is 5.75 Å². The molecule has 5 nitrogen and oxygen atoms in total. The number of ether oxygens (including phenoxy) is 1. The number of fused-ring (bicyclic) bond motifs is 1. The highest BCUT2D eigenvalue weighted by atomic mass is 32.1. The summed E-state index contributed by atoms with van der Waals surface area (Å²) in [5, 5.41) is 3.39. The zero-order valence-corrected chi connectivity index (χ0v) is 12.5. The molecule has 1 N–H and O–H groups in total. The van der Waals surface area contributed by atoms with Gasteiger partial charge in [0.25, 0.3) is 5.91 Å². The number of carbonyl (C=O) groups excluding carboxylic acids is 1. The molecular formula is C15H14N2O3S. The molecule has 0 saturated heterocycles. The molecule has 2 aromatic heterocycles. The zero-order chi connectivity index (χ0) is 14.8. The molecule has 0 unspecified atom stereocenters. The van der Waals surface area contributed by atoms with Crippen LogP contribution in [0.25, 0.3) is 11.0 Å². The van der Waals surface area contributed by atoms with Crippen molar-refractivity contribution in [1.29, 1.82) is 0 Å². The number of rotatable bonds is 4. The molecule has 0 atom stereocenters. The first-order valence-corrected chi connectivity index (χ1v) is 7.32. The van der Waals surface area contributed by atoms with E-state index in [1.807, 2.05) is 18.2 Å². The van der Waals surface area contributed by atoms with E-state index in [2.05, 4.69) is 10.3 Å². The van der Waals surface area contributed by atoms with E-state index >= 15 is 0 Å². The van der Waals surface area contributed by atoms with Gasteiger partial charge in [-0.05, 0) is 25.1 Å². The molecule has 0 saturated carbocycles. The van der Waals surface area contributed by atoms with E-state index in [0.717, 1.165) is 10.3 Å². The average Bonchev–Trinajstić information content (AvgIpc) is 3.10. The Kier molecular flexibility index (Phi) is 3.62. The summed E-state index contributed by atoms with van der Waals surface area (Å²) >= 11 is 1.54. The van der Waals surface area contributed by atoms with Crippen molar-refractivity contribution in [1.82, 2.24) is 10.3 Å². The van der Waals surface area contributed by atoms with Gasteiger partial charge in [0.05, 0.1) is 16.0 Å². The smallest absolute Gasteiger partial charge is 0.255 e. The fraction of sp³-hybridized carbons (Fsp3) is 0.200. The number of thiazole rings is 1. The first-order valence-electron chi connectivity index (χ1n) is 6.44. The topological polar surface area (TPSA) is 64.4 Å². The Hall–Kier alpha value is -2.34. The Morgan fingerprint density at radius 1 is 1.48 bits per heavy atom. The van der Waals surface area contributed by atoms with Crippen molar-refractivity contribution in [2.75, 3.05) is 7.05 Å². The van der Waals surface area contributed by atoms with Crippen LogP contribution < -0.4 is 10.1 Å². The lowest BCUT2D eigenvalue weighted by atomic mass is 10.1. The van der Waals surface area contributed by atoms with Crippen LogP contribution in [0.3, 0.4) is 0 Å². The zero-order valence-electron chi connectivity index (χ0n) is 11.7. The molecule has 0 aliphatic rings. The Labute approximate surface area is 125 Å². The minimum atomic E-state index is -0.161. The second-order valence-corrected chi connectivity index (χ2v) is 5.50. The summed E-state index contributed by atoms with van der Waals surface area (Å²) in [6, 6.07) is 5.48. The second-order valence-electron chi connectivity index (χ2n) is 4.53. The van der Waals surface area contributed by atoms with Crippen LogP contribution in [0.2, 0.25) is 0 Å². The standard InChI is InChI=1S/C15H14N2O3S/c1-9-14(15(18)16-2)12-5-10(3-4-13(12)20-9)19-7-11-6-17-8-21-11/h3-6,8H,7H2,1-2H3,(H,16,18). The quantitative estimate of drug-likeness (QED) is 0.804. The molecule has 21 heavy (non-hydrogen) atoms. The average molecular weight is 302 g/mol. The number of carbonyl (C=O) groups is 1. The number of nitrogens with zero attached hydrogens (tertiary/aromatic N) is 1. The van der Waals surface area contributed by atoms with Crippen LogP contribution in [0.4, 0.5) is 0 Å². The van der Waals surface area contributed by atoms with Gasteiger partial charge in [0.1, 0.15) is 23.7 Å². The number of hydrogen-bond acceptors (Lipinski definition) is 5. The molecule has 6 heteroatoms. The van der Waals surface area contributed by atoms with Gasteiger partial charge in [-0.15, -0.1) is 11.3 Å². The van der Waals surface area contributed by atoms with Crippen molar-refractivity contribution in [2.45, 2.75) is 13.5 Å². The molecule has 0 aliphatic carbocycles. The molecule has 0 bridgehead atoms. The van der Waals surface area contributed by atoms with Crippen molar-refractivity contribution in [3.05, 3.63) is 46.1 Å². The predicted molar refractivity (Wildman–Crippen MR) is 80.8 cm³/mol. The number of furan rings is 1. The van der Waals surface area contributed by atoms with Crippen LogP contribution in [0.15, 0.2) is 34.3 Å². The maximum absolute atomic E-state index is 11.9. The van der Waals surface area contributed by atoms with E-state index in [9.17, 15) is 4.79 Å². The largest absolute Gasteiger partial charge is 0.488 e. The summed E-state index contributed by atoms with van der Waals surface area (Å²) in [5.74, 6) is 1.14. The van der Waals surface area contributed by atoms with Crippen LogP contribution in [-0.4, -0.2) is 17.9 Å². The van der Waals surface area contributed by atoms with Crippen LogP contribution in [0, 0.1) is 6.92 Å². The summed E-state index contributed by atoms with van der Waals surface area (Å²) < 4.78 is 11.3. The molecule has 0 aliphatic heterocycles. The number of hydrogen-bond donors (Lipinski definition) is 1. The summed E-state index contributed by atoms with van der Waals surface area (Å²) in [6.07, 6.45) is 1.78. The minimum Gasteiger partial charge on any atom is -0.488 e. The van der Waals surface area contributed by atoms with Gasteiger partial charge in [0, 0.05) is 18.6 Å². The lowest BCUT2D eigenvalue weighted by Crippen LogP contribution is -2.18. The normalized spacial score (nSPS) is 10.8. The Bertz CT molecular complexity index is 778. The van der Waals surface area contributed by atoms with Crippen molar-refractivity contribution in [2.24, 2.45) is 0 Å². The minimum absolute atomic E-state index is 0.161. The lowest BCUT2D eigenvalue weighted by molar-refractivity contribution is 0.0963. The van der Waals surface area contributed by atoms with Crippen LogP contribution in [0.1, 0.15) is 21.0 Å². The summed E-state index contributed by atoms with van der Waals surface area (Å²) in [5.41, 5.74) is 3.00. The van der Waals surface area contributed by atoms with E-state index in [1.54, 1.807) is 37.0 Å². The van der Waals surface area contributed by atoms with Crippen molar-refractivity contribution in [3.63, 3.8) is 0 Å². The second kappa shape index (κ2) is 5.57. The molecule has 0 radical (unpaired) electrons. The van der Waals surface area contributed by atoms with Crippen LogP contribution >= 0.6 is 11.3 Å². The Morgan fingerprint density at radius 3 is 3.05 bits per heavy atom. The van der Waals surface area contributed by atoms with Gasteiger partial charge in [-0.25, -0.2) is 0 Å². The van der Waals surface area contributed by atoms with Crippen molar-refractivity contribution >= 4 is 28.2 Å². The third kappa shape index (κ3) is 2.62. The fourth-order valence-corrected chi connectivity index (χ4v) is 2.67. The van der Waals surface area contributed by atoms with Crippen molar-refractivity contribution in [3.8, 4) is 5.75 Å². The number of aryl methyl sites for hydroxylation is 1. The third-order valence-corrected chi connectivity index (χ3v) is 3.91. The molecule has 1 amide bonds. The van der Waals surface area contributed by atoms with Gasteiger partial charge < -0.3 is 14.5 Å². The summed E-state index contributed by atoms with van der Waals surface area (Å²) in [6.45, 7) is 2.24. The number of nitrogens with one attached hydrogen (secondary N) is 1. The lowest BCUT2D eigenvalue weighted by Gasteiger charge is -2.04. The first kappa shape index (κ1) is 13.6. The van der Waals surface area contributed by atoms with Crippen LogP contribution in [-0.2, 0) is 6.61 Å². The maximum atomic E-state index is 11.9. The third-order valence-electron chi connectivity index (χ3n) is 3.15. The molecule has 3 rings (SSSR count). The SMILES string of the molecule is CNC(=O)c1c(C)oc2ccc(OCc3cncs3)cc12. The first-order chi connectivity index (χ1) is 10.2. The van der Waals surface area contributed by atoms with E-state index < -0.39 is 0 Å². The number of aromatic nitrogens is 1. The van der Waals surface area contributed by atoms with E-state index in [1.165, 1.54) is 0 Å². The Morgan fingerprint density at radius 2 is 2.33 bits per heavy atom. The highest BCUT2D eigenvalue weighted by Gasteiger charge is 2.17. The van der Waals surface area contributed by atoms with E-state index in [-0.39, 0.29) is 5.91 Å². The monoisotopic (exact) mass is 302 g/mol. The molecule has 0 spiro atoms. The maximum Gasteiger partial charge on any atom is 0.255 e. The molecular weight excluding hydrogens is 288 g/mol. The summed E-state index contributed by atoms with van der Waals surface area (Å²) in [4.78, 5) is 17.0. The van der Waals surface area contributed by atoms with Gasteiger partial charge >= 0.3 is 0 Å². The predicted octanol–water partition coefficient (Wildman–Crippen LogP) is 3.14. The van der Waals surface area contributed by atoms with Gasteiger partial charge in [-0.1, -0.05) is 0 Å². The van der Waals surface area contributed by atoms with E-state index in [0.29, 0.717) is 29.3 Å². The molecule has 2 heterocycles. The number of benzene rings is 1. The van der Waals surface area contributed by atoms with Gasteiger partial charge in [-0.3, -0.25) is 9.78 Å². The van der Waals surface area contributed by atoms with E-state index in [4.69, 9.17) is 9.15 Å². The Balaban J connectivity index is 1.93. The molecule has 3 aromatic rings. The van der Waals surface area contributed by atoms with Gasteiger partial charge in [-0.2, -0.15) is 0 Å². The van der Waals surface area contributed by atoms with Gasteiger partial charge in [0.2, 0.25) is 0 Å². The number of amides is 1. The summed E-state index contributed by atoms with van der Waals surface area (Å²) in [7, 11) is 1.60. The highest BCUT2D eigenvalue weighted by molar-refractivity contribution is 7.09. The highest BCUT2D eigenvalue weighted by Crippen LogP contribution is 2.29.